The standard InChI is InChI=1S/C22H30ClFN2O2/c1-22(2,18-12-9-16(24)13-19(18)23)26-21(28)15-7-10-17(11-8-15)25-20(27)14-5-3-4-6-14/h9,12-15,17H,3-8,10-11H2,1-2H3,(H,25,27)(H,26,28). The van der Waals surface area contributed by atoms with Gasteiger partial charge in [0.15, 0.2) is 0 Å². The summed E-state index contributed by atoms with van der Waals surface area (Å²) in [4.78, 5) is 25.1. The Morgan fingerprint density at radius 3 is 2.21 bits per heavy atom. The number of nitrogens with one attached hydrogen (secondary N) is 2. The van der Waals surface area contributed by atoms with Crippen molar-refractivity contribution >= 4 is 23.4 Å². The third-order valence-electron chi connectivity index (χ3n) is 6.21. The van der Waals surface area contributed by atoms with Gasteiger partial charge >= 0.3 is 0 Å². The fourth-order valence-electron chi connectivity index (χ4n) is 4.48. The molecule has 1 aromatic carbocycles. The Balaban J connectivity index is 1.51. The molecule has 0 heterocycles. The van der Waals surface area contributed by atoms with E-state index in [0.717, 1.165) is 51.4 Å². The minimum absolute atomic E-state index is 0.00837. The van der Waals surface area contributed by atoms with Crippen molar-refractivity contribution in [3.05, 3.63) is 34.6 Å². The summed E-state index contributed by atoms with van der Waals surface area (Å²) >= 11 is 6.17. The lowest BCUT2D eigenvalue weighted by molar-refractivity contribution is -0.128. The van der Waals surface area contributed by atoms with Gasteiger partial charge in [-0.2, -0.15) is 0 Å². The molecule has 0 unspecified atom stereocenters. The topological polar surface area (TPSA) is 58.2 Å². The van der Waals surface area contributed by atoms with Crippen LogP contribution in [0.1, 0.15) is 70.8 Å². The summed E-state index contributed by atoms with van der Waals surface area (Å²) in [6.45, 7) is 3.74. The van der Waals surface area contributed by atoms with Gasteiger partial charge in [-0.3, -0.25) is 9.59 Å². The van der Waals surface area contributed by atoms with Crippen LogP contribution < -0.4 is 10.6 Å². The van der Waals surface area contributed by atoms with E-state index in [1.807, 2.05) is 13.8 Å². The molecular formula is C22H30ClFN2O2. The molecule has 6 heteroatoms. The van der Waals surface area contributed by atoms with E-state index in [-0.39, 0.29) is 29.7 Å². The Morgan fingerprint density at radius 1 is 1.00 bits per heavy atom. The van der Waals surface area contributed by atoms with Crippen LogP contribution in [0, 0.1) is 17.7 Å². The highest BCUT2D eigenvalue weighted by atomic mass is 35.5. The molecular weight excluding hydrogens is 379 g/mol. The monoisotopic (exact) mass is 408 g/mol. The molecule has 2 N–H and O–H groups in total. The lowest BCUT2D eigenvalue weighted by atomic mass is 9.84. The lowest BCUT2D eigenvalue weighted by Gasteiger charge is -2.33. The fourth-order valence-corrected chi connectivity index (χ4v) is 4.88. The molecule has 0 radical (unpaired) electrons. The van der Waals surface area contributed by atoms with Crippen molar-refractivity contribution in [3.8, 4) is 0 Å². The first-order chi connectivity index (χ1) is 13.3. The molecule has 0 aliphatic heterocycles. The van der Waals surface area contributed by atoms with Gasteiger partial charge in [0.25, 0.3) is 0 Å². The van der Waals surface area contributed by atoms with Gasteiger partial charge in [0.05, 0.1) is 5.54 Å². The van der Waals surface area contributed by atoms with Gasteiger partial charge in [0.1, 0.15) is 5.82 Å². The van der Waals surface area contributed by atoms with E-state index in [0.29, 0.717) is 10.6 Å². The molecule has 0 aromatic heterocycles. The first-order valence-electron chi connectivity index (χ1n) is 10.3. The number of benzene rings is 1. The van der Waals surface area contributed by atoms with Crippen molar-refractivity contribution < 1.29 is 14.0 Å². The first kappa shape index (κ1) is 21.1. The minimum Gasteiger partial charge on any atom is -0.353 e. The predicted octanol–water partition coefficient (Wildman–Crippen LogP) is 4.70. The van der Waals surface area contributed by atoms with Crippen LogP contribution in [0.2, 0.25) is 5.02 Å². The van der Waals surface area contributed by atoms with Gasteiger partial charge in [0, 0.05) is 22.9 Å². The van der Waals surface area contributed by atoms with Crippen LogP contribution in [0.4, 0.5) is 4.39 Å². The van der Waals surface area contributed by atoms with Crippen molar-refractivity contribution in [1.29, 1.82) is 0 Å². The molecule has 0 saturated heterocycles. The van der Waals surface area contributed by atoms with Gasteiger partial charge in [-0.25, -0.2) is 4.39 Å². The number of hydrogen-bond donors (Lipinski definition) is 2. The van der Waals surface area contributed by atoms with Crippen LogP contribution in [-0.2, 0) is 15.1 Å². The molecule has 2 aliphatic carbocycles. The maximum Gasteiger partial charge on any atom is 0.223 e. The Bertz CT molecular complexity index is 723. The van der Waals surface area contributed by atoms with Crippen LogP contribution in [0.25, 0.3) is 0 Å². The Morgan fingerprint density at radius 2 is 1.61 bits per heavy atom. The number of carbonyl (C=O) groups is 2. The zero-order valence-electron chi connectivity index (χ0n) is 16.7. The average molecular weight is 409 g/mol. The average Bonchev–Trinajstić information content (AvgIpc) is 3.16. The summed E-state index contributed by atoms with van der Waals surface area (Å²) in [6, 6.07) is 4.42. The number of carbonyl (C=O) groups excluding carboxylic acids is 2. The molecule has 154 valence electrons. The van der Waals surface area contributed by atoms with Gasteiger partial charge in [-0.05, 0) is 70.1 Å². The van der Waals surface area contributed by atoms with Crippen LogP contribution >= 0.6 is 11.6 Å². The third-order valence-corrected chi connectivity index (χ3v) is 6.52. The van der Waals surface area contributed by atoms with Gasteiger partial charge in [-0.15, -0.1) is 0 Å². The van der Waals surface area contributed by atoms with Crippen molar-refractivity contribution in [2.24, 2.45) is 11.8 Å². The fraction of sp³-hybridized carbons (Fsp3) is 0.636. The second-order valence-electron chi connectivity index (χ2n) is 8.78. The molecule has 0 bridgehead atoms. The zero-order valence-corrected chi connectivity index (χ0v) is 17.4. The molecule has 28 heavy (non-hydrogen) atoms. The maximum absolute atomic E-state index is 13.3. The molecule has 2 aliphatic rings. The second kappa shape index (κ2) is 8.81. The molecule has 0 atom stereocenters. The summed E-state index contributed by atoms with van der Waals surface area (Å²) in [7, 11) is 0. The quantitative estimate of drug-likeness (QED) is 0.742. The molecule has 2 fully saturated rings. The zero-order chi connectivity index (χ0) is 20.3. The van der Waals surface area contributed by atoms with E-state index in [4.69, 9.17) is 11.6 Å². The predicted molar refractivity (Wildman–Crippen MR) is 108 cm³/mol. The summed E-state index contributed by atoms with van der Waals surface area (Å²) in [5.41, 5.74) is 0.0107. The smallest absolute Gasteiger partial charge is 0.223 e. The lowest BCUT2D eigenvalue weighted by Crippen LogP contribution is -2.47. The summed E-state index contributed by atoms with van der Waals surface area (Å²) in [6.07, 6.45) is 7.48. The van der Waals surface area contributed by atoms with Crippen molar-refractivity contribution in [1.82, 2.24) is 10.6 Å². The SMILES string of the molecule is CC(C)(NC(=O)C1CCC(NC(=O)C2CCCC2)CC1)c1ccc(F)cc1Cl. The number of rotatable bonds is 5. The van der Waals surface area contributed by atoms with Gasteiger partial charge in [0.2, 0.25) is 11.8 Å². The van der Waals surface area contributed by atoms with E-state index in [9.17, 15) is 14.0 Å². The molecule has 3 rings (SSSR count). The summed E-state index contributed by atoms with van der Waals surface area (Å²) < 4.78 is 13.3. The van der Waals surface area contributed by atoms with Crippen LogP contribution in [-0.4, -0.2) is 17.9 Å². The highest BCUT2D eigenvalue weighted by Gasteiger charge is 2.33. The Labute approximate surface area is 171 Å². The highest BCUT2D eigenvalue weighted by Crippen LogP contribution is 2.31. The van der Waals surface area contributed by atoms with E-state index in [1.165, 1.54) is 12.1 Å². The van der Waals surface area contributed by atoms with Crippen molar-refractivity contribution in [2.75, 3.05) is 0 Å². The summed E-state index contributed by atoms with van der Waals surface area (Å²) in [5.74, 6) is -0.0993. The molecule has 2 amide bonds. The van der Waals surface area contributed by atoms with Crippen molar-refractivity contribution in [3.63, 3.8) is 0 Å². The normalized spacial score (nSPS) is 23.4. The van der Waals surface area contributed by atoms with Crippen LogP contribution in [0.3, 0.4) is 0 Å². The van der Waals surface area contributed by atoms with Crippen LogP contribution in [0.5, 0.6) is 0 Å². The molecule has 0 spiro atoms. The largest absolute Gasteiger partial charge is 0.353 e. The Hall–Kier alpha value is -1.62. The molecule has 2 saturated carbocycles. The second-order valence-corrected chi connectivity index (χ2v) is 9.18. The van der Waals surface area contributed by atoms with E-state index in [2.05, 4.69) is 10.6 Å². The van der Waals surface area contributed by atoms with Crippen LogP contribution in [0.15, 0.2) is 18.2 Å². The van der Waals surface area contributed by atoms with Gasteiger partial charge < -0.3 is 10.6 Å². The van der Waals surface area contributed by atoms with E-state index < -0.39 is 11.4 Å². The number of amides is 2. The number of hydrogen-bond acceptors (Lipinski definition) is 2. The Kier molecular flexibility index (Phi) is 6.64. The van der Waals surface area contributed by atoms with Crippen molar-refractivity contribution in [2.45, 2.75) is 76.8 Å². The minimum atomic E-state index is -0.685. The third kappa shape index (κ3) is 5.05. The van der Waals surface area contributed by atoms with Gasteiger partial charge in [-0.1, -0.05) is 30.5 Å². The first-order valence-corrected chi connectivity index (χ1v) is 10.7. The maximum atomic E-state index is 13.3. The summed E-state index contributed by atoms with van der Waals surface area (Å²) in [5, 5.41) is 6.56. The molecule has 1 aromatic rings. The van der Waals surface area contributed by atoms with E-state index in [1.54, 1.807) is 6.07 Å². The molecule has 4 nitrogen and oxygen atoms in total. The van der Waals surface area contributed by atoms with E-state index >= 15 is 0 Å². The highest BCUT2D eigenvalue weighted by molar-refractivity contribution is 6.31. The number of halogens is 2.